The minimum absolute atomic E-state index is 0.120. The Balaban J connectivity index is 2.72. The molecule has 1 rings (SSSR count). The number of phenols is 1. The second-order valence-electron chi connectivity index (χ2n) is 4.11. The van der Waals surface area contributed by atoms with Crippen LogP contribution in [-0.4, -0.2) is 24.5 Å². The summed E-state index contributed by atoms with van der Waals surface area (Å²) in [6.07, 6.45) is 0.504. The van der Waals surface area contributed by atoms with Gasteiger partial charge in [0, 0.05) is 12.8 Å². The van der Waals surface area contributed by atoms with Gasteiger partial charge in [0.1, 0.15) is 5.75 Å². The van der Waals surface area contributed by atoms with Gasteiger partial charge in [-0.1, -0.05) is 19.1 Å². The summed E-state index contributed by atoms with van der Waals surface area (Å²) >= 11 is 0. The Morgan fingerprint density at radius 1 is 1.50 bits per heavy atom. The van der Waals surface area contributed by atoms with Gasteiger partial charge in [0.25, 0.3) is 0 Å². The van der Waals surface area contributed by atoms with Crippen LogP contribution >= 0.6 is 7.37 Å². The normalized spacial score (nSPS) is 16.7. The van der Waals surface area contributed by atoms with Gasteiger partial charge in [-0.25, -0.2) is 0 Å². The molecule has 3 nitrogen and oxygen atoms in total. The highest BCUT2D eigenvalue weighted by Gasteiger charge is 2.20. The van der Waals surface area contributed by atoms with Crippen molar-refractivity contribution in [3.05, 3.63) is 29.8 Å². The van der Waals surface area contributed by atoms with Crippen molar-refractivity contribution in [2.75, 3.05) is 19.4 Å². The molecule has 0 fully saturated rings. The van der Waals surface area contributed by atoms with Crippen LogP contribution in [0.25, 0.3) is 0 Å². The Morgan fingerprint density at radius 2 is 2.19 bits per heavy atom. The van der Waals surface area contributed by atoms with E-state index in [0.717, 1.165) is 5.56 Å². The summed E-state index contributed by atoms with van der Waals surface area (Å²) in [5, 5.41) is 9.36. The zero-order chi connectivity index (χ0) is 12.2. The first kappa shape index (κ1) is 13.3. The fourth-order valence-electron chi connectivity index (χ4n) is 1.76. The van der Waals surface area contributed by atoms with E-state index in [0.29, 0.717) is 12.8 Å². The summed E-state index contributed by atoms with van der Waals surface area (Å²) in [5.41, 5.74) is 0.988. The van der Waals surface area contributed by atoms with E-state index in [4.69, 9.17) is 4.52 Å². The Labute approximate surface area is 96.9 Å². The zero-order valence-electron chi connectivity index (χ0n) is 10.0. The van der Waals surface area contributed by atoms with E-state index in [1.807, 2.05) is 19.9 Å². The van der Waals surface area contributed by atoms with Gasteiger partial charge in [-0.05, 0) is 30.5 Å². The van der Waals surface area contributed by atoms with E-state index in [1.165, 1.54) is 0 Å². The van der Waals surface area contributed by atoms with E-state index in [-0.39, 0.29) is 11.7 Å². The van der Waals surface area contributed by atoms with E-state index in [9.17, 15) is 9.67 Å². The lowest BCUT2D eigenvalue weighted by Crippen LogP contribution is -2.03. The molecule has 0 aliphatic rings. The number of aromatic hydroxyl groups is 1. The van der Waals surface area contributed by atoms with Gasteiger partial charge >= 0.3 is 0 Å². The predicted molar refractivity (Wildman–Crippen MR) is 66.5 cm³/mol. The van der Waals surface area contributed by atoms with E-state index in [2.05, 4.69) is 0 Å². The van der Waals surface area contributed by atoms with E-state index < -0.39 is 7.37 Å². The molecule has 0 aliphatic carbocycles. The number of hydrogen-bond acceptors (Lipinski definition) is 3. The number of hydrogen-bond donors (Lipinski definition) is 1. The first-order chi connectivity index (χ1) is 7.44. The van der Waals surface area contributed by atoms with Gasteiger partial charge in [0.05, 0.1) is 6.61 Å². The van der Waals surface area contributed by atoms with Crippen LogP contribution in [0.2, 0.25) is 0 Å². The number of phenolic OH excluding ortho intramolecular Hbond substituents is 1. The summed E-state index contributed by atoms with van der Waals surface area (Å²) in [5.74, 6) is 0.362. The van der Waals surface area contributed by atoms with Crippen molar-refractivity contribution in [1.29, 1.82) is 0 Å². The third kappa shape index (κ3) is 3.99. The van der Waals surface area contributed by atoms with Crippen molar-refractivity contribution >= 4 is 7.37 Å². The summed E-state index contributed by atoms with van der Waals surface area (Å²) in [4.78, 5) is 0. The fourth-order valence-corrected chi connectivity index (χ4v) is 3.62. The van der Waals surface area contributed by atoms with Crippen LogP contribution in [0.5, 0.6) is 5.75 Å². The van der Waals surface area contributed by atoms with Crippen LogP contribution in [0.4, 0.5) is 0 Å². The van der Waals surface area contributed by atoms with E-state index >= 15 is 0 Å². The van der Waals surface area contributed by atoms with Crippen molar-refractivity contribution in [1.82, 2.24) is 0 Å². The van der Waals surface area contributed by atoms with Crippen molar-refractivity contribution in [3.8, 4) is 5.75 Å². The first-order valence-corrected chi connectivity index (χ1v) is 7.70. The molecule has 0 radical (unpaired) electrons. The SMILES string of the molecule is CCOP(C)(=O)C[C@H](C)c1cccc(O)c1. The standard InChI is InChI=1S/C12H19O3P/c1-4-15-16(3,14)9-10(2)11-6-5-7-12(13)8-11/h5-8,10,13H,4,9H2,1-3H3/t10-,16?/m0/s1. The molecule has 0 bridgehead atoms. The zero-order valence-corrected chi connectivity index (χ0v) is 10.9. The number of rotatable bonds is 5. The highest BCUT2D eigenvalue weighted by atomic mass is 31.2. The van der Waals surface area contributed by atoms with Crippen molar-refractivity contribution < 1.29 is 14.2 Å². The van der Waals surface area contributed by atoms with Crippen LogP contribution in [0.15, 0.2) is 24.3 Å². The summed E-state index contributed by atoms with van der Waals surface area (Å²) in [6.45, 7) is 5.97. The van der Waals surface area contributed by atoms with Crippen LogP contribution in [0.1, 0.15) is 25.3 Å². The summed E-state index contributed by atoms with van der Waals surface area (Å²) in [6, 6.07) is 7.06. The molecular weight excluding hydrogens is 223 g/mol. The molecule has 90 valence electrons. The molecule has 4 heteroatoms. The monoisotopic (exact) mass is 242 g/mol. The van der Waals surface area contributed by atoms with E-state index in [1.54, 1.807) is 24.9 Å². The first-order valence-electron chi connectivity index (χ1n) is 5.44. The van der Waals surface area contributed by atoms with Gasteiger partial charge in [0.2, 0.25) is 7.37 Å². The maximum atomic E-state index is 12.0. The van der Waals surface area contributed by atoms with Crippen LogP contribution in [-0.2, 0) is 9.09 Å². The molecule has 1 aromatic rings. The largest absolute Gasteiger partial charge is 0.508 e. The molecular formula is C12H19O3P. The van der Waals surface area contributed by atoms with Gasteiger partial charge in [0.15, 0.2) is 0 Å². The topological polar surface area (TPSA) is 46.5 Å². The van der Waals surface area contributed by atoms with Crippen LogP contribution in [0, 0.1) is 0 Å². The second kappa shape index (κ2) is 5.51. The van der Waals surface area contributed by atoms with Crippen LogP contribution < -0.4 is 0 Å². The van der Waals surface area contributed by atoms with Crippen molar-refractivity contribution in [2.45, 2.75) is 19.8 Å². The van der Waals surface area contributed by atoms with Gasteiger partial charge in [-0.3, -0.25) is 4.57 Å². The lowest BCUT2D eigenvalue weighted by Gasteiger charge is -2.18. The molecule has 0 saturated carbocycles. The van der Waals surface area contributed by atoms with Crippen LogP contribution in [0.3, 0.4) is 0 Å². The summed E-state index contributed by atoms with van der Waals surface area (Å²) in [7, 11) is -2.51. The molecule has 16 heavy (non-hydrogen) atoms. The Morgan fingerprint density at radius 3 is 2.75 bits per heavy atom. The average Bonchev–Trinajstić information content (AvgIpc) is 2.16. The van der Waals surface area contributed by atoms with Crippen molar-refractivity contribution in [3.63, 3.8) is 0 Å². The lowest BCUT2D eigenvalue weighted by atomic mass is 10.0. The smallest absolute Gasteiger partial charge is 0.200 e. The molecule has 0 heterocycles. The minimum Gasteiger partial charge on any atom is -0.508 e. The fraction of sp³-hybridized carbons (Fsp3) is 0.500. The maximum absolute atomic E-state index is 12.0. The average molecular weight is 242 g/mol. The number of benzene rings is 1. The molecule has 0 aromatic heterocycles. The summed E-state index contributed by atoms with van der Waals surface area (Å²) < 4.78 is 17.2. The Bertz CT molecular complexity index is 390. The highest BCUT2D eigenvalue weighted by molar-refractivity contribution is 7.58. The minimum atomic E-state index is -2.51. The molecule has 1 aromatic carbocycles. The molecule has 0 spiro atoms. The lowest BCUT2D eigenvalue weighted by molar-refractivity contribution is 0.335. The Kier molecular flexibility index (Phi) is 4.57. The van der Waals surface area contributed by atoms with Gasteiger partial charge < -0.3 is 9.63 Å². The molecule has 0 amide bonds. The maximum Gasteiger partial charge on any atom is 0.200 e. The predicted octanol–water partition coefficient (Wildman–Crippen LogP) is 3.44. The second-order valence-corrected chi connectivity index (χ2v) is 6.76. The van der Waals surface area contributed by atoms with Gasteiger partial charge in [-0.15, -0.1) is 0 Å². The molecule has 1 unspecified atom stereocenters. The quantitative estimate of drug-likeness (QED) is 0.804. The molecule has 2 atom stereocenters. The third-order valence-electron chi connectivity index (χ3n) is 2.45. The highest BCUT2D eigenvalue weighted by Crippen LogP contribution is 2.46. The van der Waals surface area contributed by atoms with Crippen molar-refractivity contribution in [2.24, 2.45) is 0 Å². The molecule has 0 saturated heterocycles. The Hall–Kier alpha value is -0.790. The van der Waals surface area contributed by atoms with Gasteiger partial charge in [-0.2, -0.15) is 0 Å². The third-order valence-corrected chi connectivity index (χ3v) is 4.46. The molecule has 0 aliphatic heterocycles. The molecule has 1 N–H and O–H groups in total.